The fourth-order valence-corrected chi connectivity index (χ4v) is 4.02. The van der Waals surface area contributed by atoms with Gasteiger partial charge in [-0.1, -0.05) is 6.42 Å². The quantitative estimate of drug-likeness (QED) is 0.418. The van der Waals surface area contributed by atoms with Gasteiger partial charge in [-0.2, -0.15) is 0 Å². The van der Waals surface area contributed by atoms with Gasteiger partial charge in [-0.3, -0.25) is 4.99 Å². The van der Waals surface area contributed by atoms with Gasteiger partial charge in [0.1, 0.15) is 0 Å². The van der Waals surface area contributed by atoms with E-state index in [0.29, 0.717) is 5.41 Å². The summed E-state index contributed by atoms with van der Waals surface area (Å²) in [6.45, 7) is 7.70. The average Bonchev–Trinajstić information content (AvgIpc) is 2.98. The van der Waals surface area contributed by atoms with Crippen LogP contribution in [0.4, 0.5) is 0 Å². The summed E-state index contributed by atoms with van der Waals surface area (Å²) in [5, 5.41) is 3.48. The normalized spacial score (nSPS) is 25.8. The first kappa shape index (κ1) is 19.2. The van der Waals surface area contributed by atoms with Crippen LogP contribution in [-0.4, -0.2) is 63.0 Å². The zero-order valence-electron chi connectivity index (χ0n) is 14.6. The summed E-state index contributed by atoms with van der Waals surface area (Å²) in [6.07, 6.45) is 7.44. The van der Waals surface area contributed by atoms with Gasteiger partial charge in [0.2, 0.25) is 0 Å². The van der Waals surface area contributed by atoms with E-state index in [2.05, 4.69) is 17.1 Å². The van der Waals surface area contributed by atoms with Crippen LogP contribution in [0.25, 0.3) is 0 Å². The minimum atomic E-state index is -0.132. The summed E-state index contributed by atoms with van der Waals surface area (Å²) in [6, 6.07) is 0. The molecular formula is C17H32IN3O2. The maximum atomic E-state index is 5.81. The van der Waals surface area contributed by atoms with E-state index < -0.39 is 0 Å². The monoisotopic (exact) mass is 437 g/mol. The Kier molecular flexibility index (Phi) is 6.98. The number of ether oxygens (including phenoxy) is 2. The van der Waals surface area contributed by atoms with Crippen LogP contribution in [0.1, 0.15) is 45.4 Å². The Labute approximate surface area is 157 Å². The molecule has 6 heteroatoms. The predicted octanol–water partition coefficient (Wildman–Crippen LogP) is 2.64. The number of hydrogen-bond acceptors (Lipinski definition) is 3. The molecule has 1 spiro atoms. The van der Waals surface area contributed by atoms with Crippen molar-refractivity contribution in [2.75, 3.05) is 46.5 Å². The molecule has 1 N–H and O–H groups in total. The van der Waals surface area contributed by atoms with Crippen molar-refractivity contribution < 1.29 is 9.47 Å². The molecule has 0 bridgehead atoms. The smallest absolute Gasteiger partial charge is 0.194 e. The fourth-order valence-electron chi connectivity index (χ4n) is 4.02. The van der Waals surface area contributed by atoms with Crippen molar-refractivity contribution in [3.63, 3.8) is 0 Å². The predicted molar refractivity (Wildman–Crippen MR) is 104 cm³/mol. The summed E-state index contributed by atoms with van der Waals surface area (Å²) in [5.74, 6) is 1.08. The highest BCUT2D eigenvalue weighted by atomic mass is 127. The van der Waals surface area contributed by atoms with Crippen LogP contribution in [0, 0.1) is 5.41 Å². The second-order valence-electron chi connectivity index (χ2n) is 7.19. The summed E-state index contributed by atoms with van der Waals surface area (Å²) in [5.41, 5.74) is 0.473. The molecule has 0 unspecified atom stereocenters. The van der Waals surface area contributed by atoms with Gasteiger partial charge in [0, 0.05) is 52.8 Å². The largest absolute Gasteiger partial charge is 0.381 e. The third-order valence-corrected chi connectivity index (χ3v) is 5.84. The molecule has 3 rings (SSSR count). The lowest BCUT2D eigenvalue weighted by Crippen LogP contribution is -2.45. The third-order valence-electron chi connectivity index (χ3n) is 5.84. The van der Waals surface area contributed by atoms with E-state index in [-0.39, 0.29) is 29.6 Å². The van der Waals surface area contributed by atoms with Crippen molar-refractivity contribution in [1.82, 2.24) is 10.2 Å². The molecule has 2 heterocycles. The molecule has 2 aliphatic heterocycles. The minimum absolute atomic E-state index is 0. The second kappa shape index (κ2) is 8.34. The Balaban J connectivity index is 0.00000192. The third kappa shape index (κ3) is 4.31. The fraction of sp³-hybridized carbons (Fsp3) is 0.941. The van der Waals surface area contributed by atoms with Crippen LogP contribution in [0.15, 0.2) is 4.99 Å². The second-order valence-corrected chi connectivity index (χ2v) is 7.19. The number of rotatable bonds is 4. The molecule has 23 heavy (non-hydrogen) atoms. The van der Waals surface area contributed by atoms with E-state index in [4.69, 9.17) is 14.5 Å². The lowest BCUT2D eigenvalue weighted by atomic mass is 9.68. The molecule has 1 saturated carbocycles. The Morgan fingerprint density at radius 3 is 2.48 bits per heavy atom. The van der Waals surface area contributed by atoms with Crippen LogP contribution in [0.5, 0.6) is 0 Å². The van der Waals surface area contributed by atoms with Gasteiger partial charge < -0.3 is 19.7 Å². The Bertz CT molecular complexity index is 407. The van der Waals surface area contributed by atoms with Crippen molar-refractivity contribution >= 4 is 29.9 Å². The SMILES string of the molecule is CCNC(=NCC1(OC)CCOCC1)N1CCC2(CCC2)C1.I. The number of hydrogen-bond donors (Lipinski definition) is 1. The maximum absolute atomic E-state index is 5.81. The highest BCUT2D eigenvalue weighted by Gasteiger charge is 2.43. The van der Waals surface area contributed by atoms with Gasteiger partial charge >= 0.3 is 0 Å². The van der Waals surface area contributed by atoms with E-state index in [9.17, 15) is 0 Å². The van der Waals surface area contributed by atoms with Gasteiger partial charge in [-0.25, -0.2) is 0 Å². The zero-order valence-corrected chi connectivity index (χ0v) is 16.9. The number of guanidine groups is 1. The Hall–Kier alpha value is -0.0800. The highest BCUT2D eigenvalue weighted by molar-refractivity contribution is 14.0. The number of halogens is 1. The van der Waals surface area contributed by atoms with Gasteiger partial charge in [0.05, 0.1) is 12.1 Å². The molecule has 5 nitrogen and oxygen atoms in total. The number of nitrogens with zero attached hydrogens (tertiary/aromatic N) is 2. The van der Waals surface area contributed by atoms with Gasteiger partial charge in [0.25, 0.3) is 0 Å². The van der Waals surface area contributed by atoms with Gasteiger partial charge in [-0.15, -0.1) is 24.0 Å². The van der Waals surface area contributed by atoms with Crippen molar-refractivity contribution in [3.05, 3.63) is 0 Å². The number of methoxy groups -OCH3 is 1. The average molecular weight is 437 g/mol. The zero-order chi connectivity index (χ0) is 15.5. The van der Waals surface area contributed by atoms with Crippen molar-refractivity contribution in [2.45, 2.75) is 51.0 Å². The first-order chi connectivity index (χ1) is 10.7. The molecule has 0 aromatic rings. The first-order valence-corrected chi connectivity index (χ1v) is 8.87. The van der Waals surface area contributed by atoms with Crippen LogP contribution >= 0.6 is 24.0 Å². The van der Waals surface area contributed by atoms with Crippen LogP contribution < -0.4 is 5.32 Å². The van der Waals surface area contributed by atoms with Crippen molar-refractivity contribution in [1.29, 1.82) is 0 Å². The first-order valence-electron chi connectivity index (χ1n) is 8.87. The maximum Gasteiger partial charge on any atom is 0.194 e. The molecule has 2 saturated heterocycles. The van der Waals surface area contributed by atoms with Gasteiger partial charge in [-0.05, 0) is 31.6 Å². The molecule has 3 fully saturated rings. The van der Waals surface area contributed by atoms with Crippen molar-refractivity contribution in [2.24, 2.45) is 10.4 Å². The lowest BCUT2D eigenvalue weighted by molar-refractivity contribution is -0.0829. The van der Waals surface area contributed by atoms with E-state index in [0.717, 1.165) is 51.6 Å². The van der Waals surface area contributed by atoms with Crippen LogP contribution in [-0.2, 0) is 9.47 Å². The molecule has 0 radical (unpaired) electrons. The molecule has 0 amide bonds. The minimum Gasteiger partial charge on any atom is -0.381 e. The topological polar surface area (TPSA) is 46.1 Å². The summed E-state index contributed by atoms with van der Waals surface area (Å²) in [7, 11) is 1.81. The van der Waals surface area contributed by atoms with E-state index >= 15 is 0 Å². The standard InChI is InChI=1S/C17H31N3O2.HI/c1-3-18-15(20-10-7-16(14-20)5-4-6-16)19-13-17(21-2)8-11-22-12-9-17;/h3-14H2,1-2H3,(H,18,19);1H. The van der Waals surface area contributed by atoms with E-state index in [1.54, 1.807) is 0 Å². The molecule has 134 valence electrons. The molecule has 0 aromatic carbocycles. The Morgan fingerprint density at radius 2 is 1.96 bits per heavy atom. The van der Waals surface area contributed by atoms with E-state index in [1.165, 1.54) is 32.2 Å². The van der Waals surface area contributed by atoms with Crippen molar-refractivity contribution in [3.8, 4) is 0 Å². The van der Waals surface area contributed by atoms with Crippen LogP contribution in [0.2, 0.25) is 0 Å². The summed E-state index contributed by atoms with van der Waals surface area (Å²) in [4.78, 5) is 7.40. The molecular weight excluding hydrogens is 405 g/mol. The number of nitrogens with one attached hydrogen (secondary N) is 1. The highest BCUT2D eigenvalue weighted by Crippen LogP contribution is 2.47. The van der Waals surface area contributed by atoms with Gasteiger partial charge in [0.15, 0.2) is 5.96 Å². The lowest BCUT2D eigenvalue weighted by Gasteiger charge is -2.38. The summed E-state index contributed by atoms with van der Waals surface area (Å²) >= 11 is 0. The Morgan fingerprint density at radius 1 is 1.22 bits per heavy atom. The number of likely N-dealkylation sites (tertiary alicyclic amines) is 1. The number of aliphatic imine (C=N–C) groups is 1. The van der Waals surface area contributed by atoms with Crippen LogP contribution in [0.3, 0.4) is 0 Å². The molecule has 1 aliphatic carbocycles. The summed E-state index contributed by atoms with van der Waals surface area (Å²) < 4.78 is 11.3. The molecule has 0 aromatic heterocycles. The molecule has 0 atom stereocenters. The van der Waals surface area contributed by atoms with E-state index in [1.807, 2.05) is 7.11 Å². The molecule has 3 aliphatic rings.